The van der Waals surface area contributed by atoms with E-state index in [0.29, 0.717) is 55.7 Å². The van der Waals surface area contributed by atoms with Crippen LogP contribution in [0.5, 0.6) is 0 Å². The molecule has 10 nitrogen and oxygen atoms in total. The van der Waals surface area contributed by atoms with Crippen LogP contribution >= 0.6 is 0 Å². The fourth-order valence-electron chi connectivity index (χ4n) is 6.30. The highest BCUT2D eigenvalue weighted by Crippen LogP contribution is 2.60. The van der Waals surface area contributed by atoms with E-state index in [2.05, 4.69) is 29.6 Å². The smallest absolute Gasteiger partial charge is 0.245 e. The number of anilines is 1. The van der Waals surface area contributed by atoms with Crippen LogP contribution in [0.4, 0.5) is 5.69 Å². The summed E-state index contributed by atoms with van der Waals surface area (Å²) in [5, 5.41) is 11.7. The molecule has 2 N–H and O–H groups in total. The van der Waals surface area contributed by atoms with Gasteiger partial charge >= 0.3 is 0 Å². The molecule has 1 aliphatic carbocycles. The Morgan fingerprint density at radius 2 is 2.02 bits per heavy atom. The van der Waals surface area contributed by atoms with Gasteiger partial charge in [0, 0.05) is 62.0 Å². The number of hydrogen-bond acceptors (Lipinski definition) is 7. The summed E-state index contributed by atoms with van der Waals surface area (Å²) in [7, 11) is 0. The number of amides is 2. The van der Waals surface area contributed by atoms with Crippen LogP contribution in [0.1, 0.15) is 82.3 Å². The molecule has 2 fully saturated rings. The van der Waals surface area contributed by atoms with E-state index in [4.69, 9.17) is 4.74 Å². The molecule has 1 aromatic heterocycles. The number of nitrogens with one attached hydrogen (secondary N) is 2. The molecule has 40 heavy (non-hydrogen) atoms. The lowest BCUT2D eigenvalue weighted by Gasteiger charge is -2.26. The van der Waals surface area contributed by atoms with Gasteiger partial charge in [-0.05, 0) is 49.3 Å². The summed E-state index contributed by atoms with van der Waals surface area (Å²) in [6, 6.07) is 3.38. The molecule has 3 aliphatic rings. The van der Waals surface area contributed by atoms with Crippen molar-refractivity contribution in [3.63, 3.8) is 0 Å². The van der Waals surface area contributed by atoms with Crippen molar-refractivity contribution in [2.75, 3.05) is 25.1 Å². The number of carbonyl (C=O) groups is 4. The van der Waals surface area contributed by atoms with Crippen LogP contribution in [0.15, 0.2) is 12.1 Å². The first-order chi connectivity index (χ1) is 19.1. The minimum Gasteiger partial charge on any atom is -0.385 e. The van der Waals surface area contributed by atoms with Crippen LogP contribution in [-0.4, -0.2) is 69.9 Å². The Morgan fingerprint density at radius 3 is 2.75 bits per heavy atom. The molecule has 1 saturated heterocycles. The second-order valence-electron chi connectivity index (χ2n) is 12.1. The lowest BCUT2D eigenvalue weighted by atomic mass is 9.97. The van der Waals surface area contributed by atoms with Gasteiger partial charge in [0.15, 0.2) is 11.6 Å². The second-order valence-corrected chi connectivity index (χ2v) is 12.1. The van der Waals surface area contributed by atoms with Gasteiger partial charge < -0.3 is 20.3 Å². The van der Waals surface area contributed by atoms with Crippen molar-refractivity contribution < 1.29 is 23.9 Å². The molecular weight excluding hydrogens is 510 g/mol. The summed E-state index contributed by atoms with van der Waals surface area (Å²) in [4.78, 5) is 54.0. The molecule has 2 aliphatic heterocycles. The molecule has 0 spiro atoms. The van der Waals surface area contributed by atoms with Crippen molar-refractivity contribution in [2.24, 2.45) is 11.3 Å². The van der Waals surface area contributed by atoms with Gasteiger partial charge in [-0.3, -0.25) is 23.9 Å². The summed E-state index contributed by atoms with van der Waals surface area (Å²) in [6.07, 6.45) is 3.68. The molecule has 5 rings (SSSR count). The normalized spacial score (nSPS) is 25.5. The molecule has 1 saturated carbocycles. The highest BCUT2D eigenvalue weighted by Gasteiger charge is 2.66. The summed E-state index contributed by atoms with van der Waals surface area (Å²) in [6.45, 7) is 9.49. The average molecular weight is 552 g/mol. The number of piperidine rings is 1. The maximum atomic E-state index is 13.9. The Morgan fingerprint density at radius 1 is 1.23 bits per heavy atom. The van der Waals surface area contributed by atoms with Crippen molar-refractivity contribution in [2.45, 2.75) is 91.4 Å². The minimum atomic E-state index is -0.460. The van der Waals surface area contributed by atoms with E-state index in [-0.39, 0.29) is 53.6 Å². The van der Waals surface area contributed by atoms with E-state index >= 15 is 0 Å². The fraction of sp³-hybridized carbons (Fsp3) is 0.633. The van der Waals surface area contributed by atoms with Gasteiger partial charge in [0.05, 0.1) is 18.2 Å². The van der Waals surface area contributed by atoms with Crippen molar-refractivity contribution in [1.29, 1.82) is 0 Å². The van der Waals surface area contributed by atoms with E-state index in [9.17, 15) is 19.2 Å². The number of benzene rings is 1. The van der Waals surface area contributed by atoms with E-state index in [0.717, 1.165) is 30.6 Å². The van der Waals surface area contributed by atoms with Crippen molar-refractivity contribution in [1.82, 2.24) is 20.0 Å². The number of aromatic nitrogens is 2. The van der Waals surface area contributed by atoms with Crippen LogP contribution in [0, 0.1) is 11.3 Å². The van der Waals surface area contributed by atoms with Gasteiger partial charge in [-0.25, -0.2) is 0 Å². The summed E-state index contributed by atoms with van der Waals surface area (Å²) < 4.78 is 7.59. The van der Waals surface area contributed by atoms with Crippen LogP contribution < -0.4 is 10.6 Å². The highest BCUT2D eigenvalue weighted by molar-refractivity contribution is 6.07. The first-order valence-electron chi connectivity index (χ1n) is 14.6. The highest BCUT2D eigenvalue weighted by atomic mass is 16.5. The molecule has 2 amide bonds. The maximum absolute atomic E-state index is 13.9. The first kappa shape index (κ1) is 28.3. The Hall–Kier alpha value is -3.27. The predicted octanol–water partition coefficient (Wildman–Crippen LogP) is 3.46. The number of hydrogen-bond donors (Lipinski definition) is 2. The zero-order chi connectivity index (χ0) is 28.6. The van der Waals surface area contributed by atoms with Gasteiger partial charge in [0.2, 0.25) is 11.8 Å². The van der Waals surface area contributed by atoms with Gasteiger partial charge in [-0.15, -0.1) is 0 Å². The number of rotatable bonds is 6. The third-order valence-electron chi connectivity index (χ3n) is 8.49. The molecule has 0 radical (unpaired) electrons. The summed E-state index contributed by atoms with van der Waals surface area (Å²) >= 11 is 0. The van der Waals surface area contributed by atoms with Crippen molar-refractivity contribution in [3.8, 4) is 0 Å². The second kappa shape index (κ2) is 11.3. The molecule has 3 atom stereocenters. The predicted molar refractivity (Wildman–Crippen MR) is 151 cm³/mol. The van der Waals surface area contributed by atoms with Crippen molar-refractivity contribution in [3.05, 3.63) is 23.4 Å². The largest absolute Gasteiger partial charge is 0.385 e. The Kier molecular flexibility index (Phi) is 7.99. The van der Waals surface area contributed by atoms with Crippen molar-refractivity contribution >= 4 is 40.0 Å². The quantitative estimate of drug-likeness (QED) is 0.527. The SMILES string of the molecule is CCC(=O)[C@@H]1C[C@]23COCCCCC(=O)NCc4cc(NCC(C)C)cc5c(C(C)=O)nn(c45)CC(=O)N1[C@@H]2C3. The fourth-order valence-corrected chi connectivity index (χ4v) is 6.30. The zero-order valence-corrected chi connectivity index (χ0v) is 24.0. The average Bonchev–Trinajstić information content (AvgIpc) is 3.32. The first-order valence-corrected chi connectivity index (χ1v) is 14.6. The molecule has 0 unspecified atom stereocenters. The van der Waals surface area contributed by atoms with E-state index in [1.165, 1.54) is 6.92 Å². The number of carbonyl (C=O) groups excluding carboxylic acids is 4. The Bertz CT molecular complexity index is 1330. The van der Waals surface area contributed by atoms with Gasteiger partial charge in [-0.1, -0.05) is 20.8 Å². The Labute approximate surface area is 235 Å². The van der Waals surface area contributed by atoms with Crippen LogP contribution in [0.2, 0.25) is 0 Å². The molecule has 10 heteroatoms. The topological polar surface area (TPSA) is 123 Å². The van der Waals surface area contributed by atoms with Gasteiger partial charge in [0.25, 0.3) is 0 Å². The van der Waals surface area contributed by atoms with E-state index in [1.54, 1.807) is 9.58 Å². The number of ketones is 2. The molecule has 3 heterocycles. The van der Waals surface area contributed by atoms with E-state index < -0.39 is 6.04 Å². The van der Waals surface area contributed by atoms with Crippen LogP contribution in [-0.2, 0) is 32.2 Å². The molecule has 2 aromatic rings. The standard InChI is InChI=1S/C30H41N5O5/c1-5-24(37)23-12-30-13-25(30)35(23)27(39)16-34-29-20(15-32-26(38)8-6-7-9-40-17-30)10-21(31-14-18(2)3)11-22(29)28(33-34)19(4)36/h10-11,18,23,25,31H,5-9,12-17H2,1-4H3,(H,32,38)/t23-,25+,30-/m0/s1. The summed E-state index contributed by atoms with van der Waals surface area (Å²) in [5.74, 6) is 0.0315. The van der Waals surface area contributed by atoms with Crippen LogP contribution in [0.3, 0.4) is 0 Å². The molecular formula is C30H41N5O5. The molecule has 2 bridgehead atoms. The lowest BCUT2D eigenvalue weighted by Crippen LogP contribution is -2.44. The van der Waals surface area contributed by atoms with Crippen LogP contribution in [0.25, 0.3) is 10.9 Å². The maximum Gasteiger partial charge on any atom is 0.245 e. The molecule has 216 valence electrons. The van der Waals surface area contributed by atoms with E-state index in [1.807, 2.05) is 19.1 Å². The number of ether oxygens (including phenoxy) is 1. The van der Waals surface area contributed by atoms with Gasteiger partial charge in [0.1, 0.15) is 12.2 Å². The monoisotopic (exact) mass is 551 g/mol. The number of nitrogens with zero attached hydrogens (tertiary/aromatic N) is 3. The zero-order valence-electron chi connectivity index (χ0n) is 24.0. The third-order valence-corrected chi connectivity index (χ3v) is 8.49. The molecule has 1 aromatic carbocycles. The number of Topliss-reactive ketones (excluding diaryl/α,β-unsaturated/α-hetero) is 2. The van der Waals surface area contributed by atoms with Gasteiger partial charge in [-0.2, -0.15) is 5.10 Å². The minimum absolute atomic E-state index is 0.0279. The third kappa shape index (κ3) is 5.50. The lowest BCUT2D eigenvalue weighted by molar-refractivity contribution is -0.139. The summed E-state index contributed by atoms with van der Waals surface area (Å²) in [5.41, 5.74) is 2.37. The Balaban J connectivity index is 1.57.